The summed E-state index contributed by atoms with van der Waals surface area (Å²) in [5.74, 6) is 1.61. The number of para-hydroxylation sites is 1. The Kier molecular flexibility index (Phi) is 4.58. The van der Waals surface area contributed by atoms with Gasteiger partial charge in [-0.1, -0.05) is 18.2 Å². The first-order valence-electron chi connectivity index (χ1n) is 8.59. The first-order chi connectivity index (χ1) is 13.3. The van der Waals surface area contributed by atoms with Crippen molar-refractivity contribution in [2.45, 2.75) is 0 Å². The molecule has 4 rings (SSSR count). The highest BCUT2D eigenvalue weighted by Crippen LogP contribution is 2.38. The van der Waals surface area contributed by atoms with Crippen molar-refractivity contribution >= 4 is 22.3 Å². The first-order valence-corrected chi connectivity index (χ1v) is 8.59. The topological polar surface area (TPSA) is 59.0 Å². The van der Waals surface area contributed by atoms with Crippen molar-refractivity contribution in [2.75, 3.05) is 14.2 Å². The molecule has 0 bridgehead atoms. The fraction of sp³-hybridized carbons (Fsp3) is 0.0909. The Balaban J connectivity index is 1.78. The number of methoxy groups -OCH3 is 2. The van der Waals surface area contributed by atoms with Crippen LogP contribution in [-0.4, -0.2) is 19.2 Å². The zero-order valence-corrected chi connectivity index (χ0v) is 15.1. The maximum absolute atomic E-state index is 5.26. The molecule has 134 valence electrons. The maximum Gasteiger partial charge on any atom is 0.119 e. The molecule has 0 saturated carbocycles. The van der Waals surface area contributed by atoms with Gasteiger partial charge in [-0.15, -0.1) is 5.11 Å². The maximum atomic E-state index is 5.26. The second-order valence-electron chi connectivity index (χ2n) is 6.02. The van der Waals surface area contributed by atoms with Crippen LogP contribution in [0.2, 0.25) is 0 Å². The van der Waals surface area contributed by atoms with E-state index in [0.717, 1.165) is 45.0 Å². The number of azo groups is 1. The van der Waals surface area contributed by atoms with Crippen LogP contribution in [0.1, 0.15) is 0 Å². The van der Waals surface area contributed by atoms with E-state index in [1.54, 1.807) is 14.2 Å². The number of hydrogen-bond acceptors (Lipinski definition) is 4. The number of aromatic amines is 1. The average molecular weight is 357 g/mol. The van der Waals surface area contributed by atoms with E-state index in [4.69, 9.17) is 9.47 Å². The van der Waals surface area contributed by atoms with Crippen molar-refractivity contribution in [3.8, 4) is 22.8 Å². The van der Waals surface area contributed by atoms with Gasteiger partial charge in [0.15, 0.2) is 0 Å². The molecule has 4 aromatic rings. The van der Waals surface area contributed by atoms with Crippen molar-refractivity contribution in [1.29, 1.82) is 0 Å². The van der Waals surface area contributed by atoms with Gasteiger partial charge >= 0.3 is 0 Å². The Morgan fingerprint density at radius 2 is 1.33 bits per heavy atom. The van der Waals surface area contributed by atoms with Crippen LogP contribution in [0.5, 0.6) is 11.5 Å². The van der Waals surface area contributed by atoms with Gasteiger partial charge in [0.2, 0.25) is 0 Å². The van der Waals surface area contributed by atoms with E-state index in [0.29, 0.717) is 0 Å². The number of nitrogens with one attached hydrogen (secondary N) is 1. The zero-order chi connectivity index (χ0) is 18.6. The summed E-state index contributed by atoms with van der Waals surface area (Å²) in [7, 11) is 3.30. The van der Waals surface area contributed by atoms with E-state index in [1.165, 1.54) is 0 Å². The Hall–Kier alpha value is -3.60. The number of nitrogens with zero attached hydrogens (tertiary/aromatic N) is 2. The zero-order valence-electron chi connectivity index (χ0n) is 15.1. The van der Waals surface area contributed by atoms with E-state index in [9.17, 15) is 0 Å². The van der Waals surface area contributed by atoms with E-state index in [2.05, 4.69) is 15.2 Å². The predicted octanol–water partition coefficient (Wildman–Crippen LogP) is 6.27. The molecule has 0 atom stereocenters. The number of ether oxygens (including phenoxy) is 2. The van der Waals surface area contributed by atoms with Crippen LogP contribution in [0.4, 0.5) is 11.4 Å². The minimum absolute atomic E-state index is 0.766. The number of fused-ring (bicyclic) bond motifs is 1. The standard InChI is InChI=1S/C22H19N3O2/c1-26-17-11-7-15(8-12-17)21-22(19-5-3-4-6-20(19)23-21)25-24-16-9-13-18(27-2)14-10-16/h3-14,23H,1-2H3/b25-24+. The molecule has 0 aliphatic heterocycles. The predicted molar refractivity (Wildman–Crippen MR) is 107 cm³/mol. The molecule has 1 N–H and O–H groups in total. The second-order valence-corrected chi connectivity index (χ2v) is 6.02. The summed E-state index contributed by atoms with van der Waals surface area (Å²) in [5.41, 5.74) is 4.55. The van der Waals surface area contributed by atoms with Crippen LogP contribution < -0.4 is 9.47 Å². The third kappa shape index (κ3) is 3.40. The van der Waals surface area contributed by atoms with Crippen LogP contribution >= 0.6 is 0 Å². The number of rotatable bonds is 5. The van der Waals surface area contributed by atoms with E-state index in [1.807, 2.05) is 72.8 Å². The molecule has 0 aliphatic rings. The second kappa shape index (κ2) is 7.33. The number of H-pyrrole nitrogens is 1. The molecule has 0 unspecified atom stereocenters. The molecule has 3 aromatic carbocycles. The average Bonchev–Trinajstić information content (AvgIpc) is 3.11. The molecule has 5 nitrogen and oxygen atoms in total. The minimum atomic E-state index is 0.766. The van der Waals surface area contributed by atoms with Gasteiger partial charge in [0.1, 0.15) is 17.2 Å². The van der Waals surface area contributed by atoms with Gasteiger partial charge < -0.3 is 14.5 Å². The lowest BCUT2D eigenvalue weighted by Crippen LogP contribution is -1.83. The molecule has 0 saturated heterocycles. The lowest BCUT2D eigenvalue weighted by Gasteiger charge is -2.03. The van der Waals surface area contributed by atoms with Gasteiger partial charge in [0, 0.05) is 16.5 Å². The molecule has 0 fully saturated rings. The summed E-state index contributed by atoms with van der Waals surface area (Å²) in [6.45, 7) is 0. The lowest BCUT2D eigenvalue weighted by atomic mass is 10.1. The normalized spacial score (nSPS) is 11.2. The number of benzene rings is 3. The molecule has 1 heterocycles. The van der Waals surface area contributed by atoms with Crippen molar-refractivity contribution < 1.29 is 9.47 Å². The van der Waals surface area contributed by atoms with Crippen LogP contribution in [0.3, 0.4) is 0 Å². The Morgan fingerprint density at radius 3 is 2.00 bits per heavy atom. The minimum Gasteiger partial charge on any atom is -0.497 e. The molecular weight excluding hydrogens is 338 g/mol. The number of hydrogen-bond donors (Lipinski definition) is 1. The highest BCUT2D eigenvalue weighted by molar-refractivity contribution is 5.99. The lowest BCUT2D eigenvalue weighted by molar-refractivity contribution is 0.414. The Labute approximate surface area is 157 Å². The van der Waals surface area contributed by atoms with Gasteiger partial charge in [-0.3, -0.25) is 0 Å². The van der Waals surface area contributed by atoms with Gasteiger partial charge in [0.25, 0.3) is 0 Å². The van der Waals surface area contributed by atoms with Gasteiger partial charge in [-0.05, 0) is 54.6 Å². The summed E-state index contributed by atoms with van der Waals surface area (Å²) in [6.07, 6.45) is 0. The molecule has 5 heteroatoms. The fourth-order valence-electron chi connectivity index (χ4n) is 2.95. The van der Waals surface area contributed by atoms with E-state index in [-0.39, 0.29) is 0 Å². The SMILES string of the molecule is COc1ccc(/N=N/c2c(-c3ccc(OC)cc3)[nH]c3ccccc23)cc1. The van der Waals surface area contributed by atoms with Crippen LogP contribution in [-0.2, 0) is 0 Å². The number of aromatic nitrogens is 1. The summed E-state index contributed by atoms with van der Waals surface area (Å²) < 4.78 is 10.4. The molecular formula is C22H19N3O2. The quantitative estimate of drug-likeness (QED) is 0.428. The Bertz CT molecular complexity index is 1080. The third-order valence-electron chi connectivity index (χ3n) is 4.40. The Morgan fingerprint density at radius 1 is 0.704 bits per heavy atom. The van der Waals surface area contributed by atoms with Gasteiger partial charge in [-0.2, -0.15) is 5.11 Å². The highest BCUT2D eigenvalue weighted by atomic mass is 16.5. The smallest absolute Gasteiger partial charge is 0.119 e. The van der Waals surface area contributed by atoms with Gasteiger partial charge in [0.05, 0.1) is 25.6 Å². The van der Waals surface area contributed by atoms with Crippen molar-refractivity contribution in [1.82, 2.24) is 4.98 Å². The van der Waals surface area contributed by atoms with Crippen LogP contribution in [0.25, 0.3) is 22.2 Å². The van der Waals surface area contributed by atoms with Crippen molar-refractivity contribution in [2.24, 2.45) is 10.2 Å². The summed E-state index contributed by atoms with van der Waals surface area (Å²) in [5, 5.41) is 10.0. The summed E-state index contributed by atoms with van der Waals surface area (Å²) in [6, 6.07) is 23.5. The highest BCUT2D eigenvalue weighted by Gasteiger charge is 2.13. The van der Waals surface area contributed by atoms with Gasteiger partial charge in [-0.25, -0.2) is 0 Å². The third-order valence-corrected chi connectivity index (χ3v) is 4.40. The molecule has 1 aromatic heterocycles. The monoisotopic (exact) mass is 357 g/mol. The van der Waals surface area contributed by atoms with Crippen LogP contribution in [0.15, 0.2) is 83.0 Å². The molecule has 0 aliphatic carbocycles. The largest absolute Gasteiger partial charge is 0.497 e. The van der Waals surface area contributed by atoms with Crippen molar-refractivity contribution in [3.05, 3.63) is 72.8 Å². The summed E-state index contributed by atoms with van der Waals surface area (Å²) >= 11 is 0. The van der Waals surface area contributed by atoms with Crippen LogP contribution in [0, 0.1) is 0 Å². The van der Waals surface area contributed by atoms with E-state index < -0.39 is 0 Å². The van der Waals surface area contributed by atoms with Crippen molar-refractivity contribution in [3.63, 3.8) is 0 Å². The fourth-order valence-corrected chi connectivity index (χ4v) is 2.95. The first kappa shape index (κ1) is 16.8. The molecule has 27 heavy (non-hydrogen) atoms. The van der Waals surface area contributed by atoms with E-state index >= 15 is 0 Å². The molecule has 0 radical (unpaired) electrons. The molecule has 0 amide bonds. The molecule has 0 spiro atoms. The summed E-state index contributed by atoms with van der Waals surface area (Å²) in [4.78, 5) is 3.46.